The Morgan fingerprint density at radius 1 is 1.07 bits per heavy atom. The Hall–Kier alpha value is -2.33. The molecule has 2 amide bonds. The highest BCUT2D eigenvalue weighted by Crippen LogP contribution is 2.38. The van der Waals surface area contributed by atoms with E-state index in [-0.39, 0.29) is 24.4 Å². The van der Waals surface area contributed by atoms with Crippen molar-refractivity contribution in [3.05, 3.63) is 64.7 Å². The summed E-state index contributed by atoms with van der Waals surface area (Å²) in [6.07, 6.45) is 6.38. The zero-order valence-electron chi connectivity index (χ0n) is 15.9. The van der Waals surface area contributed by atoms with Crippen molar-refractivity contribution >= 4 is 29.1 Å². The molecule has 1 aliphatic heterocycles. The third-order valence-electron chi connectivity index (χ3n) is 5.83. The standard InChI is InChI=1S/C23H25ClN2O2/c24-18-11-12-19-20(14-18)25-21(27)15-26(23(19)17-9-5-2-6-10-17)22(28)13-16-7-3-1-4-8-16/h2,5-6,9-12,14,16,23H,1,3-4,7-8,13,15H2,(H,25,27). The molecule has 0 saturated heterocycles. The number of rotatable bonds is 3. The van der Waals surface area contributed by atoms with Crippen LogP contribution in [0.5, 0.6) is 0 Å². The minimum Gasteiger partial charge on any atom is -0.324 e. The second-order valence-electron chi connectivity index (χ2n) is 7.82. The van der Waals surface area contributed by atoms with Crippen LogP contribution in [0.1, 0.15) is 55.7 Å². The van der Waals surface area contributed by atoms with Crippen LogP contribution in [-0.2, 0) is 9.59 Å². The van der Waals surface area contributed by atoms with E-state index in [1.54, 1.807) is 11.0 Å². The third-order valence-corrected chi connectivity index (χ3v) is 6.07. The smallest absolute Gasteiger partial charge is 0.244 e. The fourth-order valence-corrected chi connectivity index (χ4v) is 4.63. The van der Waals surface area contributed by atoms with Crippen LogP contribution in [0.25, 0.3) is 0 Å². The zero-order valence-corrected chi connectivity index (χ0v) is 16.6. The van der Waals surface area contributed by atoms with Crippen LogP contribution in [0.4, 0.5) is 5.69 Å². The molecule has 146 valence electrons. The fraction of sp³-hybridized carbons (Fsp3) is 0.391. The van der Waals surface area contributed by atoms with Crippen molar-refractivity contribution in [1.82, 2.24) is 4.90 Å². The van der Waals surface area contributed by atoms with E-state index >= 15 is 0 Å². The molecule has 2 aromatic rings. The highest BCUT2D eigenvalue weighted by atomic mass is 35.5. The summed E-state index contributed by atoms with van der Waals surface area (Å²) in [5.41, 5.74) is 2.58. The average Bonchev–Trinajstić information content (AvgIpc) is 2.84. The number of carbonyl (C=O) groups is 2. The SMILES string of the molecule is O=C1CN(C(=O)CC2CCCCC2)C(c2ccccc2)c2ccc(Cl)cc2N1. The number of hydrogen-bond acceptors (Lipinski definition) is 2. The highest BCUT2D eigenvalue weighted by molar-refractivity contribution is 6.31. The first-order valence-electron chi connectivity index (χ1n) is 10.1. The Labute approximate surface area is 170 Å². The number of nitrogens with zero attached hydrogens (tertiary/aromatic N) is 1. The number of benzene rings is 2. The normalized spacial score (nSPS) is 20.2. The van der Waals surface area contributed by atoms with E-state index in [0.717, 1.165) is 24.0 Å². The van der Waals surface area contributed by atoms with Gasteiger partial charge in [-0.15, -0.1) is 0 Å². The maximum atomic E-state index is 13.3. The molecule has 28 heavy (non-hydrogen) atoms. The highest BCUT2D eigenvalue weighted by Gasteiger charge is 2.34. The lowest BCUT2D eigenvalue weighted by Gasteiger charge is -2.32. The molecule has 4 nitrogen and oxygen atoms in total. The van der Waals surface area contributed by atoms with Crippen LogP contribution in [-0.4, -0.2) is 23.3 Å². The van der Waals surface area contributed by atoms with Gasteiger partial charge in [-0.3, -0.25) is 9.59 Å². The van der Waals surface area contributed by atoms with Crippen molar-refractivity contribution in [3.63, 3.8) is 0 Å². The largest absolute Gasteiger partial charge is 0.324 e. The predicted molar refractivity (Wildman–Crippen MR) is 111 cm³/mol. The number of hydrogen-bond donors (Lipinski definition) is 1. The Bertz CT molecular complexity index is 862. The molecule has 4 rings (SSSR count). The monoisotopic (exact) mass is 396 g/mol. The van der Waals surface area contributed by atoms with Crippen molar-refractivity contribution in [2.75, 3.05) is 11.9 Å². The number of carbonyl (C=O) groups excluding carboxylic acids is 2. The van der Waals surface area contributed by atoms with Gasteiger partial charge >= 0.3 is 0 Å². The van der Waals surface area contributed by atoms with E-state index in [2.05, 4.69) is 5.32 Å². The lowest BCUT2D eigenvalue weighted by Crippen LogP contribution is -2.39. The molecule has 2 aliphatic rings. The Balaban J connectivity index is 1.72. The molecule has 0 bridgehead atoms. The third kappa shape index (κ3) is 4.07. The van der Waals surface area contributed by atoms with Gasteiger partial charge in [-0.2, -0.15) is 0 Å². The predicted octanol–water partition coefficient (Wildman–Crippen LogP) is 5.18. The van der Waals surface area contributed by atoms with Gasteiger partial charge in [0.05, 0.1) is 6.04 Å². The molecule has 1 heterocycles. The minimum atomic E-state index is -0.302. The van der Waals surface area contributed by atoms with Gasteiger partial charge in [0.1, 0.15) is 6.54 Å². The van der Waals surface area contributed by atoms with E-state index in [9.17, 15) is 9.59 Å². The maximum Gasteiger partial charge on any atom is 0.244 e. The molecule has 1 unspecified atom stereocenters. The number of halogens is 1. The Morgan fingerprint density at radius 2 is 1.82 bits per heavy atom. The number of anilines is 1. The molecule has 0 aromatic heterocycles. The molecule has 0 spiro atoms. The molecule has 1 fully saturated rings. The lowest BCUT2D eigenvalue weighted by atomic mass is 9.86. The molecule has 1 N–H and O–H groups in total. The van der Waals surface area contributed by atoms with Crippen molar-refractivity contribution < 1.29 is 9.59 Å². The van der Waals surface area contributed by atoms with Crippen LogP contribution in [0.2, 0.25) is 5.02 Å². The molecule has 1 atom stereocenters. The van der Waals surface area contributed by atoms with Gasteiger partial charge < -0.3 is 10.2 Å². The van der Waals surface area contributed by atoms with Crippen LogP contribution in [0.15, 0.2) is 48.5 Å². The van der Waals surface area contributed by atoms with E-state index in [4.69, 9.17) is 11.6 Å². The number of amides is 2. The molecule has 2 aromatic carbocycles. The fourth-order valence-electron chi connectivity index (χ4n) is 4.46. The van der Waals surface area contributed by atoms with Crippen molar-refractivity contribution in [2.45, 2.75) is 44.6 Å². The summed E-state index contributed by atoms with van der Waals surface area (Å²) >= 11 is 6.17. The van der Waals surface area contributed by atoms with Crippen molar-refractivity contribution in [3.8, 4) is 0 Å². The summed E-state index contributed by atoms with van der Waals surface area (Å²) < 4.78 is 0. The second kappa shape index (κ2) is 8.36. The second-order valence-corrected chi connectivity index (χ2v) is 8.26. The average molecular weight is 397 g/mol. The van der Waals surface area contributed by atoms with Gasteiger partial charge in [0.25, 0.3) is 0 Å². The summed E-state index contributed by atoms with van der Waals surface area (Å²) in [5, 5.41) is 3.50. The van der Waals surface area contributed by atoms with Gasteiger partial charge in [0.15, 0.2) is 0 Å². The first-order valence-corrected chi connectivity index (χ1v) is 10.4. The van der Waals surface area contributed by atoms with Crippen molar-refractivity contribution in [1.29, 1.82) is 0 Å². The topological polar surface area (TPSA) is 49.4 Å². The zero-order chi connectivity index (χ0) is 19.5. The summed E-state index contributed by atoms with van der Waals surface area (Å²) in [5.74, 6) is 0.298. The summed E-state index contributed by atoms with van der Waals surface area (Å²) in [6.45, 7) is 0.0530. The number of fused-ring (bicyclic) bond motifs is 1. The van der Waals surface area contributed by atoms with Gasteiger partial charge in [0, 0.05) is 22.7 Å². The first kappa shape index (κ1) is 19.0. The summed E-state index contributed by atoms with van der Waals surface area (Å²) in [4.78, 5) is 27.7. The first-order chi connectivity index (χ1) is 13.6. The quantitative estimate of drug-likeness (QED) is 0.776. The van der Waals surface area contributed by atoms with Gasteiger partial charge in [0.2, 0.25) is 11.8 Å². The molecule has 1 aliphatic carbocycles. The van der Waals surface area contributed by atoms with E-state index in [0.29, 0.717) is 23.0 Å². The maximum absolute atomic E-state index is 13.3. The molecule has 0 radical (unpaired) electrons. The summed E-state index contributed by atoms with van der Waals surface area (Å²) in [7, 11) is 0. The lowest BCUT2D eigenvalue weighted by molar-refractivity contribution is -0.137. The minimum absolute atomic E-state index is 0.0530. The van der Waals surface area contributed by atoms with Crippen LogP contribution >= 0.6 is 11.6 Å². The Kier molecular flexibility index (Phi) is 5.67. The number of nitrogens with one attached hydrogen (secondary N) is 1. The van der Waals surface area contributed by atoms with Crippen LogP contribution in [0, 0.1) is 5.92 Å². The van der Waals surface area contributed by atoms with E-state index < -0.39 is 0 Å². The van der Waals surface area contributed by atoms with Crippen LogP contribution < -0.4 is 5.32 Å². The molecular formula is C23H25ClN2O2. The van der Waals surface area contributed by atoms with E-state index in [1.807, 2.05) is 42.5 Å². The summed E-state index contributed by atoms with van der Waals surface area (Å²) in [6, 6.07) is 15.1. The molecular weight excluding hydrogens is 372 g/mol. The van der Waals surface area contributed by atoms with Gasteiger partial charge in [-0.1, -0.05) is 67.3 Å². The van der Waals surface area contributed by atoms with Crippen molar-refractivity contribution in [2.24, 2.45) is 5.92 Å². The molecule has 5 heteroatoms. The van der Waals surface area contributed by atoms with Gasteiger partial charge in [-0.05, 0) is 36.5 Å². The van der Waals surface area contributed by atoms with Gasteiger partial charge in [-0.25, -0.2) is 0 Å². The van der Waals surface area contributed by atoms with E-state index in [1.165, 1.54) is 19.3 Å². The van der Waals surface area contributed by atoms with Crippen LogP contribution in [0.3, 0.4) is 0 Å². The Morgan fingerprint density at radius 3 is 2.57 bits per heavy atom. The molecule has 1 saturated carbocycles.